The highest BCUT2D eigenvalue weighted by Gasteiger charge is 2.13. The molecule has 0 saturated carbocycles. The zero-order valence-electron chi connectivity index (χ0n) is 23.5. The molecule has 0 heterocycles. The van der Waals surface area contributed by atoms with Gasteiger partial charge in [-0.1, -0.05) is 103 Å². The first-order valence-corrected chi connectivity index (χ1v) is 14.0. The van der Waals surface area contributed by atoms with Crippen molar-refractivity contribution in [2.45, 2.75) is 0 Å². The molecule has 0 aliphatic rings. The van der Waals surface area contributed by atoms with E-state index >= 15 is 0 Å². The average molecular weight is 545 g/mol. The monoisotopic (exact) mass is 544 g/mol. The molecule has 0 aliphatic carbocycles. The lowest BCUT2D eigenvalue weighted by Crippen LogP contribution is -2.09. The van der Waals surface area contributed by atoms with E-state index < -0.39 is 0 Å². The Balaban J connectivity index is 1.29. The van der Waals surface area contributed by atoms with Crippen LogP contribution in [-0.4, -0.2) is 13.3 Å². The summed E-state index contributed by atoms with van der Waals surface area (Å²) in [5.74, 6) is 0. The summed E-state index contributed by atoms with van der Waals surface area (Å²) in [6, 6.07) is 54.3. The van der Waals surface area contributed by atoms with Gasteiger partial charge in [-0.2, -0.15) is 5.10 Å². The zero-order valence-corrected chi connectivity index (χ0v) is 23.5. The number of anilines is 5. The SMILES string of the molecule is CN(N=Cc1ccc(-c2ccccc2-c2ccc(N(c3ccccc3)c3ccccc3)cc2)cc1N)c1ccccc1. The predicted octanol–water partition coefficient (Wildman–Crippen LogP) is 9.54. The lowest BCUT2D eigenvalue weighted by Gasteiger charge is -2.25. The molecule has 2 N–H and O–H groups in total. The summed E-state index contributed by atoms with van der Waals surface area (Å²) in [5, 5.41) is 6.42. The van der Waals surface area contributed by atoms with Crippen molar-refractivity contribution in [3.8, 4) is 22.3 Å². The van der Waals surface area contributed by atoms with Crippen molar-refractivity contribution in [1.82, 2.24) is 0 Å². The van der Waals surface area contributed by atoms with Gasteiger partial charge in [0.2, 0.25) is 0 Å². The minimum atomic E-state index is 0.684. The van der Waals surface area contributed by atoms with Crippen molar-refractivity contribution in [1.29, 1.82) is 0 Å². The van der Waals surface area contributed by atoms with Gasteiger partial charge in [-0.05, 0) is 76.9 Å². The fourth-order valence-corrected chi connectivity index (χ4v) is 5.10. The van der Waals surface area contributed by atoms with Crippen LogP contribution in [-0.2, 0) is 0 Å². The van der Waals surface area contributed by atoms with Gasteiger partial charge in [0.05, 0.1) is 11.9 Å². The third-order valence-electron chi connectivity index (χ3n) is 7.29. The van der Waals surface area contributed by atoms with Crippen LogP contribution in [0.3, 0.4) is 0 Å². The Morgan fingerprint density at radius 2 is 0.952 bits per heavy atom. The number of rotatable bonds is 8. The lowest BCUT2D eigenvalue weighted by atomic mass is 9.93. The Morgan fingerprint density at radius 1 is 0.500 bits per heavy atom. The van der Waals surface area contributed by atoms with Crippen LogP contribution in [0.15, 0.2) is 163 Å². The van der Waals surface area contributed by atoms with Crippen LogP contribution in [0.1, 0.15) is 5.56 Å². The Kier molecular flexibility index (Phi) is 7.78. The molecular weight excluding hydrogens is 512 g/mol. The summed E-state index contributed by atoms with van der Waals surface area (Å²) in [6.07, 6.45) is 1.81. The topological polar surface area (TPSA) is 44.9 Å². The molecule has 0 radical (unpaired) electrons. The molecule has 6 aromatic rings. The van der Waals surface area contributed by atoms with Gasteiger partial charge in [-0.3, -0.25) is 5.01 Å². The van der Waals surface area contributed by atoms with Gasteiger partial charge in [0.25, 0.3) is 0 Å². The number of benzene rings is 6. The molecular formula is C38H32N4. The summed E-state index contributed by atoms with van der Waals surface area (Å²) in [7, 11) is 1.93. The molecule has 42 heavy (non-hydrogen) atoms. The number of nitrogens with two attached hydrogens (primary N) is 1. The summed E-state index contributed by atoms with van der Waals surface area (Å²) in [4.78, 5) is 2.27. The molecule has 0 aromatic heterocycles. The molecule has 204 valence electrons. The third-order valence-corrected chi connectivity index (χ3v) is 7.29. The summed E-state index contributed by atoms with van der Waals surface area (Å²) >= 11 is 0. The van der Waals surface area contributed by atoms with Gasteiger partial charge in [0.1, 0.15) is 0 Å². The van der Waals surface area contributed by atoms with Crippen LogP contribution in [0.5, 0.6) is 0 Å². The molecule has 0 spiro atoms. The minimum Gasteiger partial charge on any atom is -0.398 e. The average Bonchev–Trinajstić information content (AvgIpc) is 3.06. The summed E-state index contributed by atoms with van der Waals surface area (Å²) < 4.78 is 0. The normalized spacial score (nSPS) is 11.0. The Morgan fingerprint density at radius 3 is 1.50 bits per heavy atom. The van der Waals surface area contributed by atoms with Gasteiger partial charge >= 0.3 is 0 Å². The fraction of sp³-hybridized carbons (Fsp3) is 0.0263. The van der Waals surface area contributed by atoms with Gasteiger partial charge < -0.3 is 10.6 Å². The van der Waals surface area contributed by atoms with Gasteiger partial charge in [0.15, 0.2) is 0 Å². The maximum Gasteiger partial charge on any atom is 0.0590 e. The van der Waals surface area contributed by atoms with E-state index in [1.54, 1.807) is 0 Å². The van der Waals surface area contributed by atoms with Crippen LogP contribution in [0.4, 0.5) is 28.4 Å². The van der Waals surface area contributed by atoms with E-state index in [1.165, 1.54) is 0 Å². The van der Waals surface area contributed by atoms with Crippen molar-refractivity contribution in [3.63, 3.8) is 0 Å². The molecule has 6 rings (SSSR count). The second-order valence-corrected chi connectivity index (χ2v) is 10.0. The molecule has 0 atom stereocenters. The number of hydrazone groups is 1. The van der Waals surface area contributed by atoms with E-state index in [0.29, 0.717) is 5.69 Å². The standard InChI is InChI=1S/C38H32N4/c1-41(32-13-5-2-6-14-32)40-28-31-22-21-30(27-38(31)39)37-20-12-11-19-36(37)29-23-25-35(26-24-29)42(33-15-7-3-8-16-33)34-17-9-4-10-18-34/h2-28H,39H2,1H3. The predicted molar refractivity (Wildman–Crippen MR) is 179 cm³/mol. The van der Waals surface area contributed by atoms with Crippen LogP contribution in [0.25, 0.3) is 22.3 Å². The third kappa shape index (κ3) is 5.79. The molecule has 4 nitrogen and oxygen atoms in total. The van der Waals surface area contributed by atoms with Gasteiger partial charge in [-0.25, -0.2) is 0 Å². The second-order valence-electron chi connectivity index (χ2n) is 10.0. The minimum absolute atomic E-state index is 0.684. The Bertz CT molecular complexity index is 1740. The fourth-order valence-electron chi connectivity index (χ4n) is 5.10. The van der Waals surface area contributed by atoms with Crippen molar-refractivity contribution in [2.75, 3.05) is 22.7 Å². The Labute approximate surface area is 247 Å². The van der Waals surface area contributed by atoms with Crippen molar-refractivity contribution < 1.29 is 0 Å². The first kappa shape index (κ1) is 26.6. The maximum atomic E-state index is 6.52. The molecule has 0 unspecified atom stereocenters. The van der Waals surface area contributed by atoms with Gasteiger partial charge in [-0.15, -0.1) is 0 Å². The highest BCUT2D eigenvalue weighted by Crippen LogP contribution is 2.37. The molecule has 0 aliphatic heterocycles. The van der Waals surface area contributed by atoms with Crippen LogP contribution >= 0.6 is 0 Å². The lowest BCUT2D eigenvalue weighted by molar-refractivity contribution is 1.02. The summed E-state index contributed by atoms with van der Waals surface area (Å²) in [5.41, 5.74) is 16.9. The van der Waals surface area contributed by atoms with E-state index in [9.17, 15) is 0 Å². The van der Waals surface area contributed by atoms with Crippen LogP contribution < -0.4 is 15.6 Å². The van der Waals surface area contributed by atoms with Crippen LogP contribution in [0, 0.1) is 0 Å². The number of para-hydroxylation sites is 3. The molecule has 0 amide bonds. The number of nitrogens with zero attached hydrogens (tertiary/aromatic N) is 3. The highest BCUT2D eigenvalue weighted by atomic mass is 15.4. The van der Waals surface area contributed by atoms with Crippen LogP contribution in [0.2, 0.25) is 0 Å². The molecule has 0 fully saturated rings. The number of hydrogen-bond donors (Lipinski definition) is 1. The number of hydrogen-bond acceptors (Lipinski definition) is 4. The van der Waals surface area contributed by atoms with E-state index in [4.69, 9.17) is 5.73 Å². The van der Waals surface area contributed by atoms with E-state index in [-0.39, 0.29) is 0 Å². The summed E-state index contributed by atoms with van der Waals surface area (Å²) in [6.45, 7) is 0. The zero-order chi connectivity index (χ0) is 28.7. The van der Waals surface area contributed by atoms with Gasteiger partial charge in [0, 0.05) is 35.4 Å². The van der Waals surface area contributed by atoms with Crippen molar-refractivity contribution in [3.05, 3.63) is 163 Å². The smallest absolute Gasteiger partial charge is 0.0590 e. The highest BCUT2D eigenvalue weighted by molar-refractivity contribution is 5.91. The first-order chi connectivity index (χ1) is 20.7. The molecule has 0 saturated heterocycles. The molecule has 6 aromatic carbocycles. The quantitative estimate of drug-likeness (QED) is 0.118. The van der Waals surface area contributed by atoms with E-state index in [2.05, 4.69) is 113 Å². The maximum absolute atomic E-state index is 6.52. The van der Waals surface area contributed by atoms with Crippen molar-refractivity contribution >= 4 is 34.7 Å². The second kappa shape index (κ2) is 12.3. The Hall–Kier alpha value is -5.61. The molecule has 0 bridgehead atoms. The van der Waals surface area contributed by atoms with Crippen molar-refractivity contribution in [2.24, 2.45) is 5.10 Å². The first-order valence-electron chi connectivity index (χ1n) is 14.0. The largest absolute Gasteiger partial charge is 0.398 e. The van der Waals surface area contributed by atoms with E-state index in [1.807, 2.05) is 72.9 Å². The van der Waals surface area contributed by atoms with E-state index in [0.717, 1.165) is 50.6 Å². The number of nitrogen functional groups attached to an aromatic ring is 1. The molecule has 4 heteroatoms.